The summed E-state index contributed by atoms with van der Waals surface area (Å²) in [7, 11) is 0. The Kier molecular flexibility index (Phi) is 4.81. The first kappa shape index (κ1) is 22.9. The zero-order valence-corrected chi connectivity index (χ0v) is 22.1. The number of nitrogens with zero attached hydrogens (tertiary/aromatic N) is 7. The first-order valence-electron chi connectivity index (χ1n) is 12.6. The molecular weight excluding hydrogens is 537 g/mol. The Balaban J connectivity index is 1.16. The number of hydrogen-bond donors (Lipinski definition) is 0. The lowest BCUT2D eigenvalue weighted by atomic mass is 9.97. The number of rotatable bonds is 4. The van der Waals surface area contributed by atoms with E-state index < -0.39 is 0 Å². The van der Waals surface area contributed by atoms with Crippen LogP contribution in [0.15, 0.2) is 74.3 Å². The lowest BCUT2D eigenvalue weighted by Crippen LogP contribution is -2.29. The van der Waals surface area contributed by atoms with Gasteiger partial charge in [-0.3, -0.25) is 4.79 Å². The van der Waals surface area contributed by atoms with Crippen LogP contribution in [-0.4, -0.2) is 35.6 Å². The largest absolute Gasteiger partial charge is 0.356 e. The molecular formula is C28H19Cl2N7O2. The standard InChI is InChI=1S/C28H19Cl2N7O2/c1-13-17-4-2-14(7-25(17)39-33-13)19-11-22(32-28(19)30)27-21-10-20(21)24-6-15(8-26(38)37(24)27)18-9-16(29)3-5-23(18)36-12-31-34-35-36/h2-9,12,20-21,27H,10-11H2,1H3. The van der Waals surface area contributed by atoms with Crippen LogP contribution in [-0.2, 0) is 0 Å². The molecule has 0 saturated heterocycles. The van der Waals surface area contributed by atoms with E-state index >= 15 is 0 Å². The van der Waals surface area contributed by atoms with Crippen LogP contribution in [0.2, 0.25) is 5.02 Å². The highest BCUT2D eigenvalue weighted by Gasteiger charge is 2.55. The van der Waals surface area contributed by atoms with Gasteiger partial charge in [0, 0.05) is 51.4 Å². The van der Waals surface area contributed by atoms with Crippen LogP contribution in [0.5, 0.6) is 0 Å². The SMILES string of the molecule is Cc1noc2cc(C3=C(Cl)N=C(C4C5CC5c5cc(-c6cc(Cl)ccc6-n6cnnn6)cc(=O)n54)C3)ccc12. The smallest absolute Gasteiger partial charge is 0.251 e. The third-order valence-electron chi connectivity index (χ3n) is 8.06. The van der Waals surface area contributed by atoms with Crippen molar-refractivity contribution in [2.45, 2.75) is 31.7 Å². The van der Waals surface area contributed by atoms with Crippen LogP contribution >= 0.6 is 23.2 Å². The Hall–Kier alpha value is -4.08. The summed E-state index contributed by atoms with van der Waals surface area (Å²) in [4.78, 5) is 18.4. The molecule has 5 heterocycles. The van der Waals surface area contributed by atoms with Crippen molar-refractivity contribution in [3.63, 3.8) is 0 Å². The van der Waals surface area contributed by atoms with E-state index in [1.807, 2.05) is 41.8 Å². The van der Waals surface area contributed by atoms with Crippen LogP contribution in [0.1, 0.15) is 41.8 Å². The van der Waals surface area contributed by atoms with Crippen LogP contribution in [0.4, 0.5) is 0 Å². The summed E-state index contributed by atoms with van der Waals surface area (Å²) in [6.07, 6.45) is 3.11. The van der Waals surface area contributed by atoms with Crippen molar-refractivity contribution >= 4 is 45.5 Å². The molecule has 1 aliphatic carbocycles. The van der Waals surface area contributed by atoms with Gasteiger partial charge in [0.25, 0.3) is 5.56 Å². The molecule has 2 aromatic carbocycles. The molecule has 1 saturated carbocycles. The summed E-state index contributed by atoms with van der Waals surface area (Å²) in [6.45, 7) is 1.92. The van der Waals surface area contributed by atoms with Gasteiger partial charge in [-0.05, 0) is 77.2 Å². The minimum atomic E-state index is -0.118. The molecule has 5 aromatic rings. The molecule has 9 nitrogen and oxygen atoms in total. The monoisotopic (exact) mass is 555 g/mol. The highest BCUT2D eigenvalue weighted by atomic mass is 35.5. The third kappa shape index (κ3) is 3.46. The van der Waals surface area contributed by atoms with Crippen molar-refractivity contribution in [3.8, 4) is 16.8 Å². The number of allylic oxidation sites excluding steroid dienone is 1. The van der Waals surface area contributed by atoms with Gasteiger partial charge >= 0.3 is 0 Å². The third-order valence-corrected chi connectivity index (χ3v) is 8.61. The number of aromatic nitrogens is 6. The fourth-order valence-electron chi connectivity index (χ4n) is 6.17. The molecule has 39 heavy (non-hydrogen) atoms. The number of hydrogen-bond acceptors (Lipinski definition) is 7. The Morgan fingerprint density at radius 1 is 1.05 bits per heavy atom. The molecule has 2 aliphatic heterocycles. The molecule has 0 spiro atoms. The molecule has 3 aromatic heterocycles. The molecule has 0 N–H and O–H groups in total. The Bertz CT molecular complexity index is 1950. The van der Waals surface area contributed by atoms with Crippen LogP contribution in [0.25, 0.3) is 33.4 Å². The van der Waals surface area contributed by atoms with Crippen LogP contribution in [0, 0.1) is 12.8 Å². The quantitative estimate of drug-likeness (QED) is 0.263. The maximum absolute atomic E-state index is 13.7. The van der Waals surface area contributed by atoms with E-state index in [4.69, 9.17) is 32.7 Å². The minimum Gasteiger partial charge on any atom is -0.356 e. The van der Waals surface area contributed by atoms with Gasteiger partial charge in [0.15, 0.2) is 5.58 Å². The first-order valence-corrected chi connectivity index (χ1v) is 13.3. The fraction of sp³-hybridized carbons (Fsp3) is 0.214. The maximum atomic E-state index is 13.7. The number of halogens is 2. The first-order chi connectivity index (χ1) is 19.0. The van der Waals surface area contributed by atoms with E-state index in [1.165, 1.54) is 6.33 Å². The van der Waals surface area contributed by atoms with Gasteiger partial charge < -0.3 is 9.09 Å². The second-order valence-electron chi connectivity index (χ2n) is 10.3. The number of aliphatic imine (C=N–C) groups is 1. The fourth-order valence-corrected chi connectivity index (χ4v) is 6.63. The number of tetrazole rings is 1. The highest BCUT2D eigenvalue weighted by molar-refractivity contribution is 6.35. The summed E-state index contributed by atoms with van der Waals surface area (Å²) in [6, 6.07) is 15.1. The van der Waals surface area contributed by atoms with E-state index in [-0.39, 0.29) is 11.6 Å². The summed E-state index contributed by atoms with van der Waals surface area (Å²) in [5, 5.41) is 17.6. The van der Waals surface area contributed by atoms with Gasteiger partial charge in [-0.2, -0.15) is 4.68 Å². The molecule has 1 fully saturated rings. The molecule has 3 atom stereocenters. The molecule has 8 rings (SSSR count). The van der Waals surface area contributed by atoms with E-state index in [1.54, 1.807) is 16.8 Å². The van der Waals surface area contributed by atoms with E-state index in [2.05, 4.69) is 26.7 Å². The normalized spacial score (nSPS) is 21.4. The second kappa shape index (κ2) is 8.21. The molecule has 0 amide bonds. The zero-order chi connectivity index (χ0) is 26.4. The molecule has 3 unspecified atom stereocenters. The van der Waals surface area contributed by atoms with E-state index in [0.29, 0.717) is 28.4 Å². The van der Waals surface area contributed by atoms with E-state index in [9.17, 15) is 4.79 Å². The number of fused-ring (bicyclic) bond motifs is 4. The lowest BCUT2D eigenvalue weighted by molar-refractivity contribution is 0.450. The lowest BCUT2D eigenvalue weighted by Gasteiger charge is -2.20. The zero-order valence-electron chi connectivity index (χ0n) is 20.5. The van der Waals surface area contributed by atoms with Gasteiger partial charge in [-0.25, -0.2) is 4.99 Å². The van der Waals surface area contributed by atoms with Crippen LogP contribution < -0.4 is 5.56 Å². The molecule has 3 aliphatic rings. The maximum Gasteiger partial charge on any atom is 0.251 e. The number of benzene rings is 2. The number of aryl methyl sites for hydroxylation is 1. The molecule has 0 bridgehead atoms. The van der Waals surface area contributed by atoms with Crippen molar-refractivity contribution in [3.05, 3.63) is 92.3 Å². The van der Waals surface area contributed by atoms with Gasteiger partial charge in [-0.1, -0.05) is 34.4 Å². The van der Waals surface area contributed by atoms with Gasteiger partial charge in [0.2, 0.25) is 0 Å². The van der Waals surface area contributed by atoms with Crippen molar-refractivity contribution < 1.29 is 4.52 Å². The summed E-state index contributed by atoms with van der Waals surface area (Å²) < 4.78 is 8.93. The second-order valence-corrected chi connectivity index (χ2v) is 11.1. The molecule has 192 valence electrons. The molecule has 11 heteroatoms. The topological polar surface area (TPSA) is 104 Å². The average Bonchev–Trinajstić information content (AvgIpc) is 3.30. The Morgan fingerprint density at radius 2 is 1.95 bits per heavy atom. The molecule has 0 radical (unpaired) electrons. The van der Waals surface area contributed by atoms with E-state index in [0.717, 1.165) is 62.4 Å². The Morgan fingerprint density at radius 3 is 2.79 bits per heavy atom. The van der Waals surface area contributed by atoms with Crippen molar-refractivity contribution in [2.75, 3.05) is 0 Å². The average molecular weight is 556 g/mol. The Labute approximate surface area is 231 Å². The number of pyridine rings is 1. The van der Waals surface area contributed by atoms with Crippen molar-refractivity contribution in [2.24, 2.45) is 10.9 Å². The van der Waals surface area contributed by atoms with Crippen LogP contribution in [0.3, 0.4) is 0 Å². The van der Waals surface area contributed by atoms with Gasteiger partial charge in [0.05, 0.1) is 17.4 Å². The predicted molar refractivity (Wildman–Crippen MR) is 147 cm³/mol. The predicted octanol–water partition coefficient (Wildman–Crippen LogP) is 5.70. The highest BCUT2D eigenvalue weighted by Crippen LogP contribution is 2.60. The van der Waals surface area contributed by atoms with Crippen molar-refractivity contribution in [1.82, 2.24) is 29.9 Å². The summed E-state index contributed by atoms with van der Waals surface area (Å²) >= 11 is 13.0. The minimum absolute atomic E-state index is 0.0758. The van der Waals surface area contributed by atoms with Gasteiger partial charge in [0.1, 0.15) is 11.5 Å². The summed E-state index contributed by atoms with van der Waals surface area (Å²) in [5.41, 5.74) is 7.63. The summed E-state index contributed by atoms with van der Waals surface area (Å²) in [5.74, 6) is 0.630. The van der Waals surface area contributed by atoms with Crippen molar-refractivity contribution in [1.29, 1.82) is 0 Å². The van der Waals surface area contributed by atoms with Gasteiger partial charge in [-0.15, -0.1) is 5.10 Å².